The van der Waals surface area contributed by atoms with Crippen molar-refractivity contribution in [1.82, 2.24) is 16.0 Å². The second-order valence-electron chi connectivity index (χ2n) is 6.14. The number of carbonyl (C=O) groups is 1. The molecule has 0 radical (unpaired) electrons. The zero-order chi connectivity index (χ0) is 18.5. The van der Waals surface area contributed by atoms with Crippen molar-refractivity contribution in [3.05, 3.63) is 30.3 Å². The highest BCUT2D eigenvalue weighted by Crippen LogP contribution is 2.12. The number of hydrogen-bond donors (Lipinski definition) is 3. The van der Waals surface area contributed by atoms with Gasteiger partial charge in [-0.3, -0.25) is 9.79 Å². The molecule has 1 rings (SSSR count). The Morgan fingerprint density at radius 3 is 2.32 bits per heavy atom. The van der Waals surface area contributed by atoms with Gasteiger partial charge in [-0.15, -0.1) is 0 Å². The van der Waals surface area contributed by atoms with Crippen LogP contribution in [0.1, 0.15) is 27.2 Å². The molecular weight excluding hydrogens is 314 g/mol. The molecule has 0 unspecified atom stereocenters. The molecule has 140 valence electrons. The zero-order valence-electron chi connectivity index (χ0n) is 16.0. The molecule has 3 N–H and O–H groups in total. The molecule has 0 saturated heterocycles. The molecule has 1 aromatic carbocycles. The standard InChI is InChI=1S/C19H33N5O/c1-5-24(17-10-7-6-8-11-17)15-9-12-22-19(20-4)23-14-13-21-18(25)16(2)3/h6-8,10-11,16H,5,9,12-15H2,1-4H3,(H,21,25)(H2,20,22,23). The molecule has 6 nitrogen and oxygen atoms in total. The van der Waals surface area contributed by atoms with Crippen LogP contribution >= 0.6 is 0 Å². The minimum absolute atomic E-state index is 0.0172. The van der Waals surface area contributed by atoms with E-state index in [1.54, 1.807) is 7.05 Å². The SMILES string of the molecule is CCN(CCCNC(=NC)NCCNC(=O)C(C)C)c1ccccc1. The number of nitrogens with one attached hydrogen (secondary N) is 3. The molecule has 1 aromatic rings. The van der Waals surface area contributed by atoms with Gasteiger partial charge in [0.15, 0.2) is 5.96 Å². The number of guanidine groups is 1. The molecule has 0 aromatic heterocycles. The van der Waals surface area contributed by atoms with Gasteiger partial charge in [0.2, 0.25) is 5.91 Å². The Morgan fingerprint density at radius 1 is 1.08 bits per heavy atom. The van der Waals surface area contributed by atoms with Gasteiger partial charge < -0.3 is 20.9 Å². The number of amides is 1. The first-order valence-corrected chi connectivity index (χ1v) is 9.10. The lowest BCUT2D eigenvalue weighted by Crippen LogP contribution is -2.42. The number of nitrogens with zero attached hydrogens (tertiary/aromatic N) is 2. The van der Waals surface area contributed by atoms with E-state index in [4.69, 9.17) is 0 Å². The molecular formula is C19H33N5O. The van der Waals surface area contributed by atoms with Crippen LogP contribution in [0.15, 0.2) is 35.3 Å². The topological polar surface area (TPSA) is 68.8 Å². The summed E-state index contributed by atoms with van der Waals surface area (Å²) in [5.74, 6) is 0.857. The van der Waals surface area contributed by atoms with E-state index < -0.39 is 0 Å². The van der Waals surface area contributed by atoms with Gasteiger partial charge in [0.05, 0.1) is 0 Å². The van der Waals surface area contributed by atoms with Gasteiger partial charge in [0, 0.05) is 51.4 Å². The summed E-state index contributed by atoms with van der Waals surface area (Å²) in [6.45, 7) is 10.0. The van der Waals surface area contributed by atoms with Crippen molar-refractivity contribution >= 4 is 17.6 Å². The Balaban J connectivity index is 2.21. The Morgan fingerprint density at radius 2 is 1.72 bits per heavy atom. The summed E-state index contributed by atoms with van der Waals surface area (Å²) in [6.07, 6.45) is 1.02. The average Bonchev–Trinajstić information content (AvgIpc) is 2.63. The molecule has 0 aliphatic rings. The number of hydrogen-bond acceptors (Lipinski definition) is 3. The van der Waals surface area contributed by atoms with E-state index >= 15 is 0 Å². The highest BCUT2D eigenvalue weighted by atomic mass is 16.1. The largest absolute Gasteiger partial charge is 0.372 e. The van der Waals surface area contributed by atoms with Gasteiger partial charge in [-0.25, -0.2) is 0 Å². The summed E-state index contributed by atoms with van der Waals surface area (Å²) < 4.78 is 0. The van der Waals surface area contributed by atoms with Crippen LogP contribution in [0, 0.1) is 5.92 Å². The van der Waals surface area contributed by atoms with Crippen LogP contribution in [-0.4, -0.2) is 51.6 Å². The van der Waals surface area contributed by atoms with E-state index in [-0.39, 0.29) is 11.8 Å². The molecule has 1 amide bonds. The Labute approximate surface area is 152 Å². The van der Waals surface area contributed by atoms with Crippen LogP contribution in [0.4, 0.5) is 5.69 Å². The summed E-state index contributed by atoms with van der Waals surface area (Å²) in [4.78, 5) is 18.1. The maximum absolute atomic E-state index is 11.5. The van der Waals surface area contributed by atoms with E-state index in [0.29, 0.717) is 13.1 Å². The number of aliphatic imine (C=N–C) groups is 1. The van der Waals surface area contributed by atoms with Gasteiger partial charge in [-0.1, -0.05) is 32.0 Å². The fourth-order valence-corrected chi connectivity index (χ4v) is 2.38. The van der Waals surface area contributed by atoms with E-state index in [9.17, 15) is 4.79 Å². The molecule has 0 saturated carbocycles. The lowest BCUT2D eigenvalue weighted by Gasteiger charge is -2.23. The monoisotopic (exact) mass is 347 g/mol. The van der Waals surface area contributed by atoms with Gasteiger partial charge in [0.1, 0.15) is 0 Å². The number of para-hydroxylation sites is 1. The van der Waals surface area contributed by atoms with Crippen molar-refractivity contribution in [3.63, 3.8) is 0 Å². The van der Waals surface area contributed by atoms with E-state index in [1.165, 1.54) is 5.69 Å². The minimum Gasteiger partial charge on any atom is -0.372 e. The first-order chi connectivity index (χ1) is 12.1. The molecule has 0 heterocycles. The average molecular weight is 348 g/mol. The van der Waals surface area contributed by atoms with Crippen LogP contribution in [0.3, 0.4) is 0 Å². The van der Waals surface area contributed by atoms with Crippen molar-refractivity contribution in [3.8, 4) is 0 Å². The van der Waals surface area contributed by atoms with Crippen LogP contribution in [0.2, 0.25) is 0 Å². The third kappa shape index (κ3) is 8.42. The maximum Gasteiger partial charge on any atom is 0.222 e. The predicted octanol–water partition coefficient (Wildman–Crippen LogP) is 1.84. The number of anilines is 1. The fourth-order valence-electron chi connectivity index (χ4n) is 2.38. The van der Waals surface area contributed by atoms with E-state index in [2.05, 4.69) is 57.0 Å². The van der Waals surface area contributed by atoms with Crippen molar-refractivity contribution in [2.24, 2.45) is 10.9 Å². The molecule has 0 spiro atoms. The van der Waals surface area contributed by atoms with Gasteiger partial charge >= 0.3 is 0 Å². The Kier molecular flexibility index (Phi) is 10.1. The van der Waals surface area contributed by atoms with E-state index in [1.807, 2.05) is 19.9 Å². The number of carbonyl (C=O) groups excluding carboxylic acids is 1. The van der Waals surface area contributed by atoms with Gasteiger partial charge in [-0.05, 0) is 25.5 Å². The summed E-state index contributed by atoms with van der Waals surface area (Å²) >= 11 is 0. The van der Waals surface area contributed by atoms with Crippen molar-refractivity contribution < 1.29 is 4.79 Å². The first-order valence-electron chi connectivity index (χ1n) is 9.10. The van der Waals surface area contributed by atoms with Gasteiger partial charge in [0.25, 0.3) is 0 Å². The van der Waals surface area contributed by atoms with E-state index in [0.717, 1.165) is 32.0 Å². The van der Waals surface area contributed by atoms with Crippen LogP contribution in [-0.2, 0) is 4.79 Å². The van der Waals surface area contributed by atoms with Crippen molar-refractivity contribution in [1.29, 1.82) is 0 Å². The molecule has 25 heavy (non-hydrogen) atoms. The van der Waals surface area contributed by atoms with Crippen molar-refractivity contribution in [2.75, 3.05) is 44.7 Å². The van der Waals surface area contributed by atoms with Crippen LogP contribution in [0.5, 0.6) is 0 Å². The summed E-state index contributed by atoms with van der Waals surface area (Å²) in [7, 11) is 1.75. The molecule has 6 heteroatoms. The number of benzene rings is 1. The lowest BCUT2D eigenvalue weighted by atomic mass is 10.2. The summed E-state index contributed by atoms with van der Waals surface area (Å²) in [5.41, 5.74) is 1.26. The van der Waals surface area contributed by atoms with Gasteiger partial charge in [-0.2, -0.15) is 0 Å². The lowest BCUT2D eigenvalue weighted by molar-refractivity contribution is -0.123. The molecule has 0 aliphatic carbocycles. The summed E-state index contributed by atoms with van der Waals surface area (Å²) in [6, 6.07) is 10.5. The number of rotatable bonds is 10. The Hall–Kier alpha value is -2.24. The fraction of sp³-hybridized carbons (Fsp3) is 0.579. The van der Waals surface area contributed by atoms with Crippen LogP contribution in [0.25, 0.3) is 0 Å². The normalized spacial score (nSPS) is 11.3. The molecule has 0 bridgehead atoms. The minimum atomic E-state index is 0.0172. The zero-order valence-corrected chi connectivity index (χ0v) is 16.0. The van der Waals surface area contributed by atoms with Crippen molar-refractivity contribution in [2.45, 2.75) is 27.2 Å². The maximum atomic E-state index is 11.5. The molecule has 0 atom stereocenters. The third-order valence-electron chi connectivity index (χ3n) is 3.86. The molecule has 0 aliphatic heterocycles. The smallest absolute Gasteiger partial charge is 0.222 e. The Bertz CT molecular complexity index is 516. The first kappa shape index (κ1) is 20.8. The summed E-state index contributed by atoms with van der Waals surface area (Å²) in [5, 5.41) is 9.40. The second kappa shape index (κ2) is 12.2. The predicted molar refractivity (Wildman–Crippen MR) is 106 cm³/mol. The quantitative estimate of drug-likeness (QED) is 0.343. The molecule has 0 fully saturated rings. The third-order valence-corrected chi connectivity index (χ3v) is 3.86. The second-order valence-corrected chi connectivity index (χ2v) is 6.14. The highest BCUT2D eigenvalue weighted by Gasteiger charge is 2.06. The van der Waals surface area contributed by atoms with Crippen LogP contribution < -0.4 is 20.9 Å². The highest BCUT2D eigenvalue weighted by molar-refractivity contribution is 5.80.